The third kappa shape index (κ3) is 2.88. The van der Waals surface area contributed by atoms with Crippen molar-refractivity contribution in [2.24, 2.45) is 0 Å². The molecule has 1 atom stereocenters. The van der Waals surface area contributed by atoms with Crippen LogP contribution in [-0.2, 0) is 12.8 Å². The minimum absolute atomic E-state index is 0.141. The third-order valence-electron chi connectivity index (χ3n) is 3.82. The molecule has 0 bridgehead atoms. The molecule has 1 N–H and O–H groups in total. The first kappa shape index (κ1) is 13.6. The van der Waals surface area contributed by atoms with Crippen LogP contribution in [0.2, 0.25) is 0 Å². The van der Waals surface area contributed by atoms with Gasteiger partial charge in [0.25, 0.3) is 0 Å². The molecule has 20 heavy (non-hydrogen) atoms. The van der Waals surface area contributed by atoms with Crippen molar-refractivity contribution in [3.63, 3.8) is 0 Å². The lowest BCUT2D eigenvalue weighted by Gasteiger charge is -2.24. The van der Waals surface area contributed by atoms with Crippen molar-refractivity contribution in [1.82, 2.24) is 0 Å². The largest absolute Gasteiger partial charge is 0.382 e. The minimum Gasteiger partial charge on any atom is -0.382 e. The molecular formula is C17H17BrFN. The maximum absolute atomic E-state index is 13.8. The Kier molecular flexibility index (Phi) is 3.79. The number of halogens is 2. The second-order valence-electron chi connectivity index (χ2n) is 5.49. The summed E-state index contributed by atoms with van der Waals surface area (Å²) in [5.74, 6) is -0.141. The van der Waals surface area contributed by atoms with E-state index < -0.39 is 0 Å². The van der Waals surface area contributed by atoms with Crippen molar-refractivity contribution in [2.45, 2.75) is 32.2 Å². The van der Waals surface area contributed by atoms with Gasteiger partial charge in [0.2, 0.25) is 0 Å². The molecule has 0 saturated carbocycles. The van der Waals surface area contributed by atoms with Crippen molar-refractivity contribution < 1.29 is 4.39 Å². The summed E-state index contributed by atoms with van der Waals surface area (Å²) in [6, 6.07) is 12.1. The fourth-order valence-corrected chi connectivity index (χ4v) is 3.12. The van der Waals surface area contributed by atoms with Crippen molar-refractivity contribution in [3.8, 4) is 0 Å². The molecule has 2 aromatic carbocycles. The van der Waals surface area contributed by atoms with Gasteiger partial charge in [0.05, 0.1) is 0 Å². The molecule has 3 heteroatoms. The zero-order valence-electron chi connectivity index (χ0n) is 11.4. The Balaban J connectivity index is 1.86. The Bertz CT molecular complexity index is 639. The molecule has 1 unspecified atom stereocenters. The highest BCUT2D eigenvalue weighted by Gasteiger charge is 2.14. The zero-order chi connectivity index (χ0) is 14.1. The van der Waals surface area contributed by atoms with E-state index in [0.29, 0.717) is 12.5 Å². The molecule has 0 amide bonds. The zero-order valence-corrected chi connectivity index (χ0v) is 13.0. The van der Waals surface area contributed by atoms with E-state index in [1.807, 2.05) is 6.07 Å². The van der Waals surface area contributed by atoms with Gasteiger partial charge in [0.1, 0.15) is 5.82 Å². The molecule has 1 nitrogen and oxygen atoms in total. The minimum atomic E-state index is -0.141. The van der Waals surface area contributed by atoms with Gasteiger partial charge in [-0.05, 0) is 60.7 Å². The fourth-order valence-electron chi connectivity index (χ4n) is 2.71. The predicted molar refractivity (Wildman–Crippen MR) is 84.8 cm³/mol. The van der Waals surface area contributed by atoms with Crippen LogP contribution in [0.25, 0.3) is 0 Å². The van der Waals surface area contributed by atoms with Crippen LogP contribution >= 0.6 is 15.9 Å². The van der Waals surface area contributed by atoms with E-state index in [9.17, 15) is 4.39 Å². The fraction of sp³-hybridized carbons (Fsp3) is 0.294. The SMILES string of the molecule is CC1CCc2cc(Cc3cc(Br)ccc3F)ccc2N1. The molecule has 0 aliphatic carbocycles. The number of fused-ring (bicyclic) bond motifs is 1. The van der Waals surface area contributed by atoms with Gasteiger partial charge < -0.3 is 5.32 Å². The monoisotopic (exact) mass is 333 g/mol. The average molecular weight is 334 g/mol. The van der Waals surface area contributed by atoms with E-state index >= 15 is 0 Å². The number of hydrogen-bond donors (Lipinski definition) is 1. The topological polar surface area (TPSA) is 12.0 Å². The summed E-state index contributed by atoms with van der Waals surface area (Å²) in [6.07, 6.45) is 2.88. The Morgan fingerprint density at radius 3 is 2.95 bits per heavy atom. The first-order valence-corrected chi connectivity index (χ1v) is 7.73. The van der Waals surface area contributed by atoms with Crippen molar-refractivity contribution in [2.75, 3.05) is 5.32 Å². The Hall–Kier alpha value is -1.35. The number of aryl methyl sites for hydroxylation is 1. The number of anilines is 1. The molecule has 104 valence electrons. The molecule has 1 aliphatic rings. The smallest absolute Gasteiger partial charge is 0.126 e. The normalized spacial score (nSPS) is 17.4. The van der Waals surface area contributed by atoms with Crippen LogP contribution in [0.3, 0.4) is 0 Å². The molecule has 1 heterocycles. The Morgan fingerprint density at radius 2 is 2.10 bits per heavy atom. The summed E-state index contributed by atoms with van der Waals surface area (Å²) in [6.45, 7) is 2.20. The second-order valence-corrected chi connectivity index (χ2v) is 6.40. The van der Waals surface area contributed by atoms with Crippen LogP contribution in [0.15, 0.2) is 40.9 Å². The van der Waals surface area contributed by atoms with Crippen LogP contribution in [-0.4, -0.2) is 6.04 Å². The van der Waals surface area contributed by atoms with Gasteiger partial charge >= 0.3 is 0 Å². The summed E-state index contributed by atoms with van der Waals surface area (Å²) in [5.41, 5.74) is 4.46. The summed E-state index contributed by atoms with van der Waals surface area (Å²) in [4.78, 5) is 0. The molecule has 0 saturated heterocycles. The second kappa shape index (κ2) is 5.57. The van der Waals surface area contributed by atoms with Crippen LogP contribution in [0.4, 0.5) is 10.1 Å². The summed E-state index contributed by atoms with van der Waals surface area (Å²) in [5, 5.41) is 3.49. The maximum atomic E-state index is 13.8. The van der Waals surface area contributed by atoms with Crippen molar-refractivity contribution >= 4 is 21.6 Å². The van der Waals surface area contributed by atoms with E-state index in [0.717, 1.165) is 28.4 Å². The van der Waals surface area contributed by atoms with E-state index in [1.54, 1.807) is 6.07 Å². The quantitative estimate of drug-likeness (QED) is 0.821. The molecule has 0 aromatic heterocycles. The van der Waals surface area contributed by atoms with E-state index in [1.165, 1.54) is 17.3 Å². The Labute approximate surface area is 127 Å². The van der Waals surface area contributed by atoms with E-state index in [-0.39, 0.29) is 5.82 Å². The maximum Gasteiger partial charge on any atom is 0.126 e. The number of hydrogen-bond acceptors (Lipinski definition) is 1. The third-order valence-corrected chi connectivity index (χ3v) is 4.31. The van der Waals surface area contributed by atoms with Crippen molar-refractivity contribution in [3.05, 3.63) is 63.4 Å². The lowest BCUT2D eigenvalue weighted by molar-refractivity contribution is 0.613. The van der Waals surface area contributed by atoms with Crippen LogP contribution in [0, 0.1) is 5.82 Å². The first-order valence-electron chi connectivity index (χ1n) is 6.94. The summed E-state index contributed by atoms with van der Waals surface area (Å²) >= 11 is 3.40. The van der Waals surface area contributed by atoms with Gasteiger partial charge in [-0.3, -0.25) is 0 Å². The lowest BCUT2D eigenvalue weighted by atomic mass is 9.95. The molecule has 0 spiro atoms. The molecule has 0 radical (unpaired) electrons. The molecular weight excluding hydrogens is 317 g/mol. The van der Waals surface area contributed by atoms with Crippen LogP contribution in [0.1, 0.15) is 30.0 Å². The van der Waals surface area contributed by atoms with Crippen molar-refractivity contribution in [1.29, 1.82) is 0 Å². The van der Waals surface area contributed by atoms with Gasteiger partial charge in [-0.2, -0.15) is 0 Å². The molecule has 1 aliphatic heterocycles. The number of rotatable bonds is 2. The summed E-state index contributed by atoms with van der Waals surface area (Å²) < 4.78 is 14.7. The van der Waals surface area contributed by atoms with Gasteiger partial charge in [-0.1, -0.05) is 28.1 Å². The lowest BCUT2D eigenvalue weighted by Crippen LogP contribution is -2.21. The van der Waals surface area contributed by atoms with Gasteiger partial charge in [-0.15, -0.1) is 0 Å². The summed E-state index contributed by atoms with van der Waals surface area (Å²) in [7, 11) is 0. The van der Waals surface area contributed by atoms with Gasteiger partial charge in [0, 0.05) is 22.6 Å². The molecule has 0 fully saturated rings. The number of benzene rings is 2. The number of nitrogens with one attached hydrogen (secondary N) is 1. The van der Waals surface area contributed by atoms with Crippen LogP contribution in [0.5, 0.6) is 0 Å². The van der Waals surface area contributed by atoms with Gasteiger partial charge in [0.15, 0.2) is 0 Å². The van der Waals surface area contributed by atoms with E-state index in [4.69, 9.17) is 0 Å². The highest BCUT2D eigenvalue weighted by molar-refractivity contribution is 9.10. The van der Waals surface area contributed by atoms with E-state index in [2.05, 4.69) is 46.4 Å². The highest BCUT2D eigenvalue weighted by Crippen LogP contribution is 2.27. The predicted octanol–water partition coefficient (Wildman–Crippen LogP) is 4.93. The van der Waals surface area contributed by atoms with Gasteiger partial charge in [-0.25, -0.2) is 4.39 Å². The Morgan fingerprint density at radius 1 is 1.25 bits per heavy atom. The highest BCUT2D eigenvalue weighted by atomic mass is 79.9. The first-order chi connectivity index (χ1) is 9.61. The van der Waals surface area contributed by atoms with Crippen LogP contribution < -0.4 is 5.32 Å². The molecule has 3 rings (SSSR count). The average Bonchev–Trinajstić information content (AvgIpc) is 2.43. The molecule has 2 aromatic rings. The standard InChI is InChI=1S/C17H17BrFN/c1-11-2-4-13-8-12(3-7-17(13)20-11)9-14-10-15(18)5-6-16(14)19/h3,5-8,10-11,20H,2,4,9H2,1H3.